The van der Waals surface area contributed by atoms with E-state index in [0.717, 1.165) is 19.4 Å². The van der Waals surface area contributed by atoms with Crippen molar-refractivity contribution in [3.63, 3.8) is 0 Å². The number of hydrogen-bond donors (Lipinski definition) is 2. The van der Waals surface area contributed by atoms with E-state index in [4.69, 9.17) is 5.73 Å². The van der Waals surface area contributed by atoms with Crippen LogP contribution >= 0.6 is 0 Å². The van der Waals surface area contributed by atoms with Crippen LogP contribution in [0, 0.1) is 5.41 Å². The Kier molecular flexibility index (Phi) is 4.51. The number of carbonyl (C=O) groups excluding carboxylic acids is 2. The summed E-state index contributed by atoms with van der Waals surface area (Å²) in [5.41, 5.74) is 4.64. The first kappa shape index (κ1) is 14.0. The molecule has 5 nitrogen and oxygen atoms in total. The second-order valence-corrected chi connectivity index (χ2v) is 5.26. The highest BCUT2D eigenvalue weighted by Crippen LogP contribution is 2.26. The number of rotatable bonds is 7. The molecule has 0 aromatic carbocycles. The average Bonchev–Trinajstić information content (AvgIpc) is 3.02. The summed E-state index contributed by atoms with van der Waals surface area (Å²) in [5.74, 6) is -0.248. The summed E-state index contributed by atoms with van der Waals surface area (Å²) >= 11 is 0. The van der Waals surface area contributed by atoms with Gasteiger partial charge in [-0.3, -0.25) is 9.59 Å². The second-order valence-electron chi connectivity index (χ2n) is 5.26. The van der Waals surface area contributed by atoms with Crippen molar-refractivity contribution in [3.05, 3.63) is 0 Å². The molecule has 0 aliphatic heterocycles. The molecule has 0 radical (unpaired) electrons. The van der Waals surface area contributed by atoms with Crippen LogP contribution in [0.2, 0.25) is 0 Å². The van der Waals surface area contributed by atoms with Crippen molar-refractivity contribution in [2.45, 2.75) is 39.7 Å². The van der Waals surface area contributed by atoms with Gasteiger partial charge in [0.1, 0.15) is 0 Å². The van der Waals surface area contributed by atoms with Crippen LogP contribution in [-0.2, 0) is 9.59 Å². The Labute approximate surface area is 103 Å². The number of nitrogens with zero attached hydrogens (tertiary/aromatic N) is 1. The molecule has 0 bridgehead atoms. The highest BCUT2D eigenvalue weighted by Gasteiger charge is 2.31. The molecule has 5 heteroatoms. The molecule has 1 rings (SSSR count). The minimum absolute atomic E-state index is 0.107. The van der Waals surface area contributed by atoms with Gasteiger partial charge in [-0.2, -0.15) is 0 Å². The standard InChI is InChI=1S/C12H23N3O2/c1-4-15(9-5-6-9)10(16)7-14-8-12(2,3)11(13)17/h9,14H,4-8H2,1-3H3,(H2,13,17). The second kappa shape index (κ2) is 5.49. The SMILES string of the molecule is CCN(C(=O)CNCC(C)(C)C(N)=O)C1CC1. The van der Waals surface area contributed by atoms with Gasteiger partial charge in [0, 0.05) is 19.1 Å². The van der Waals surface area contributed by atoms with E-state index in [1.165, 1.54) is 0 Å². The molecule has 1 fully saturated rings. The minimum Gasteiger partial charge on any atom is -0.369 e. The number of nitrogens with one attached hydrogen (secondary N) is 1. The number of primary amides is 1. The fourth-order valence-corrected chi connectivity index (χ4v) is 1.69. The molecule has 17 heavy (non-hydrogen) atoms. The fraction of sp³-hybridized carbons (Fsp3) is 0.833. The molecule has 0 unspecified atom stereocenters. The van der Waals surface area contributed by atoms with Gasteiger partial charge in [-0.15, -0.1) is 0 Å². The highest BCUT2D eigenvalue weighted by molar-refractivity contribution is 5.81. The monoisotopic (exact) mass is 241 g/mol. The van der Waals surface area contributed by atoms with E-state index in [-0.39, 0.29) is 18.4 Å². The smallest absolute Gasteiger partial charge is 0.236 e. The number of carbonyl (C=O) groups is 2. The highest BCUT2D eigenvalue weighted by atomic mass is 16.2. The fourth-order valence-electron chi connectivity index (χ4n) is 1.69. The van der Waals surface area contributed by atoms with Crippen LogP contribution in [0.5, 0.6) is 0 Å². The first-order chi connectivity index (χ1) is 7.88. The van der Waals surface area contributed by atoms with Gasteiger partial charge in [-0.05, 0) is 33.6 Å². The average molecular weight is 241 g/mol. The van der Waals surface area contributed by atoms with E-state index in [1.807, 2.05) is 11.8 Å². The zero-order valence-corrected chi connectivity index (χ0v) is 11.0. The van der Waals surface area contributed by atoms with Crippen LogP contribution in [-0.4, -0.2) is 42.4 Å². The Morgan fingerprint density at radius 3 is 2.41 bits per heavy atom. The lowest BCUT2D eigenvalue weighted by atomic mass is 9.93. The predicted octanol–water partition coefficient (Wildman–Crippen LogP) is 0.0984. The van der Waals surface area contributed by atoms with Gasteiger partial charge < -0.3 is 16.0 Å². The summed E-state index contributed by atoms with van der Waals surface area (Å²) in [6.45, 7) is 6.99. The first-order valence-corrected chi connectivity index (χ1v) is 6.18. The van der Waals surface area contributed by atoms with Gasteiger partial charge in [0.2, 0.25) is 11.8 Å². The van der Waals surface area contributed by atoms with Gasteiger partial charge in [0.15, 0.2) is 0 Å². The Bertz CT molecular complexity index is 298. The molecule has 1 aliphatic carbocycles. The van der Waals surface area contributed by atoms with Gasteiger partial charge in [0.05, 0.1) is 12.0 Å². The van der Waals surface area contributed by atoms with E-state index in [2.05, 4.69) is 5.32 Å². The molecule has 1 saturated carbocycles. The van der Waals surface area contributed by atoms with Crippen molar-refractivity contribution < 1.29 is 9.59 Å². The Morgan fingerprint density at radius 2 is 2.00 bits per heavy atom. The molecule has 0 aromatic heterocycles. The van der Waals surface area contributed by atoms with Crippen LogP contribution in [0.15, 0.2) is 0 Å². The van der Waals surface area contributed by atoms with Crippen molar-refractivity contribution in [1.29, 1.82) is 0 Å². The minimum atomic E-state index is -0.614. The van der Waals surface area contributed by atoms with E-state index < -0.39 is 5.41 Å². The summed E-state index contributed by atoms with van der Waals surface area (Å²) in [5, 5.41) is 3.01. The molecule has 98 valence electrons. The van der Waals surface area contributed by atoms with E-state index in [9.17, 15) is 9.59 Å². The molecule has 1 aliphatic rings. The number of likely N-dealkylation sites (N-methyl/N-ethyl adjacent to an activating group) is 1. The molecule has 3 N–H and O–H groups in total. The molecule has 0 aromatic rings. The maximum Gasteiger partial charge on any atom is 0.236 e. The van der Waals surface area contributed by atoms with Gasteiger partial charge >= 0.3 is 0 Å². The lowest BCUT2D eigenvalue weighted by molar-refractivity contribution is -0.131. The third-order valence-electron chi connectivity index (χ3n) is 3.16. The molecular formula is C12H23N3O2. The molecule has 0 atom stereocenters. The Morgan fingerprint density at radius 1 is 1.41 bits per heavy atom. The van der Waals surface area contributed by atoms with Gasteiger partial charge in [-0.25, -0.2) is 0 Å². The number of nitrogens with two attached hydrogens (primary N) is 1. The van der Waals surface area contributed by atoms with Crippen LogP contribution in [0.25, 0.3) is 0 Å². The van der Waals surface area contributed by atoms with Gasteiger partial charge in [-0.1, -0.05) is 0 Å². The third kappa shape index (κ3) is 4.00. The van der Waals surface area contributed by atoms with Crippen molar-refractivity contribution >= 4 is 11.8 Å². The Balaban J connectivity index is 2.30. The Hall–Kier alpha value is -1.10. The number of hydrogen-bond acceptors (Lipinski definition) is 3. The number of amides is 2. The maximum atomic E-state index is 11.9. The molecular weight excluding hydrogens is 218 g/mol. The summed E-state index contributed by atoms with van der Waals surface area (Å²) in [4.78, 5) is 24.8. The van der Waals surface area contributed by atoms with Crippen LogP contribution in [0.1, 0.15) is 33.6 Å². The van der Waals surface area contributed by atoms with Crippen molar-refractivity contribution in [2.75, 3.05) is 19.6 Å². The summed E-state index contributed by atoms with van der Waals surface area (Å²) in [7, 11) is 0. The molecule has 0 saturated heterocycles. The van der Waals surface area contributed by atoms with E-state index >= 15 is 0 Å². The van der Waals surface area contributed by atoms with E-state index in [0.29, 0.717) is 12.6 Å². The largest absolute Gasteiger partial charge is 0.369 e. The first-order valence-electron chi connectivity index (χ1n) is 6.18. The molecule has 2 amide bonds. The maximum absolute atomic E-state index is 11.9. The van der Waals surface area contributed by atoms with Crippen molar-refractivity contribution in [2.24, 2.45) is 11.1 Å². The van der Waals surface area contributed by atoms with Crippen LogP contribution in [0.3, 0.4) is 0 Å². The zero-order chi connectivity index (χ0) is 13.1. The lowest BCUT2D eigenvalue weighted by Gasteiger charge is -2.23. The third-order valence-corrected chi connectivity index (χ3v) is 3.16. The van der Waals surface area contributed by atoms with Crippen LogP contribution in [0.4, 0.5) is 0 Å². The van der Waals surface area contributed by atoms with E-state index in [1.54, 1.807) is 13.8 Å². The molecule has 0 spiro atoms. The predicted molar refractivity (Wildman–Crippen MR) is 66.3 cm³/mol. The molecule has 0 heterocycles. The van der Waals surface area contributed by atoms with Crippen molar-refractivity contribution in [1.82, 2.24) is 10.2 Å². The quantitative estimate of drug-likeness (QED) is 0.663. The summed E-state index contributed by atoms with van der Waals surface area (Å²) in [6.07, 6.45) is 2.23. The van der Waals surface area contributed by atoms with Crippen LogP contribution < -0.4 is 11.1 Å². The normalized spacial score (nSPS) is 15.7. The van der Waals surface area contributed by atoms with Gasteiger partial charge in [0.25, 0.3) is 0 Å². The lowest BCUT2D eigenvalue weighted by Crippen LogP contribution is -2.45. The topological polar surface area (TPSA) is 75.4 Å². The summed E-state index contributed by atoms with van der Waals surface area (Å²) < 4.78 is 0. The zero-order valence-electron chi connectivity index (χ0n) is 11.0. The summed E-state index contributed by atoms with van der Waals surface area (Å²) in [6, 6.07) is 0.443. The van der Waals surface area contributed by atoms with Crippen molar-refractivity contribution in [3.8, 4) is 0 Å².